The van der Waals surface area contributed by atoms with Crippen molar-refractivity contribution in [3.8, 4) is 0 Å². The number of nitrogens with one attached hydrogen (secondary N) is 1. The highest BCUT2D eigenvalue weighted by Crippen LogP contribution is 2.22. The van der Waals surface area contributed by atoms with Crippen LogP contribution in [-0.4, -0.2) is 100 Å². The summed E-state index contributed by atoms with van der Waals surface area (Å²) in [5, 5.41) is 2.75. The zero-order valence-electron chi connectivity index (χ0n) is 40.0. The number of rotatable bonds is 44. The monoisotopic (exact) mass is 850 g/mol. The Morgan fingerprint density at radius 1 is 0.467 bits per heavy atom. The summed E-state index contributed by atoms with van der Waals surface area (Å²) in [4.78, 5) is 56.5. The second kappa shape index (κ2) is 43.2. The molecule has 0 aromatic carbocycles. The van der Waals surface area contributed by atoms with Crippen molar-refractivity contribution in [1.82, 2.24) is 15.1 Å². The molecule has 0 radical (unpaired) electrons. The standard InChI is InChI=1S/C50H95N3O7/c1-7-11-15-19-21-25-29-33-45(31-27-23-17-13-9-3)49(56)59-43-39-53(48(55)36-35-47(54)51-37-41-58-42-38-52(5)6)40-44-60-50(57)46(32-28-24-18-14-10-4)34-30-26-22-20-16-12-8-2/h35-36,45-46H,7-34,37-44H2,1-6H3,(H,51,54). The van der Waals surface area contributed by atoms with Crippen molar-refractivity contribution in [3.63, 3.8) is 0 Å². The Balaban J connectivity index is 5.53. The van der Waals surface area contributed by atoms with Crippen LogP contribution < -0.4 is 5.32 Å². The molecule has 2 amide bonds. The van der Waals surface area contributed by atoms with Gasteiger partial charge in [-0.25, -0.2) is 0 Å². The molecule has 0 aliphatic carbocycles. The topological polar surface area (TPSA) is 114 Å². The molecule has 2 atom stereocenters. The Labute approximate surface area is 369 Å². The molecule has 352 valence electrons. The fourth-order valence-corrected chi connectivity index (χ4v) is 7.43. The molecule has 10 heteroatoms. The van der Waals surface area contributed by atoms with E-state index in [2.05, 4.69) is 33.0 Å². The second-order valence-electron chi connectivity index (χ2n) is 17.3. The SMILES string of the molecule is CCCCCCCCCC(CCCCCCC)C(=O)OCCN(CCOC(=O)C(CCCCCCC)CCCCCCCCC)C(=O)C=CC(=O)NCCOCCN(C)C. The van der Waals surface area contributed by atoms with Gasteiger partial charge in [0.15, 0.2) is 0 Å². The summed E-state index contributed by atoms with van der Waals surface area (Å²) >= 11 is 0. The van der Waals surface area contributed by atoms with Gasteiger partial charge in [0.1, 0.15) is 13.2 Å². The third-order valence-corrected chi connectivity index (χ3v) is 11.4. The number of amides is 2. The van der Waals surface area contributed by atoms with Gasteiger partial charge in [-0.3, -0.25) is 19.2 Å². The maximum absolute atomic E-state index is 13.5. The lowest BCUT2D eigenvalue weighted by atomic mass is 9.94. The Morgan fingerprint density at radius 2 is 0.833 bits per heavy atom. The second-order valence-corrected chi connectivity index (χ2v) is 17.3. The van der Waals surface area contributed by atoms with Crippen LogP contribution in [0.4, 0.5) is 0 Å². The molecule has 0 bridgehead atoms. The summed E-state index contributed by atoms with van der Waals surface area (Å²) in [5.74, 6) is -1.45. The number of unbranched alkanes of at least 4 members (excludes halogenated alkanes) is 20. The van der Waals surface area contributed by atoms with Crippen molar-refractivity contribution in [1.29, 1.82) is 0 Å². The van der Waals surface area contributed by atoms with E-state index in [4.69, 9.17) is 14.2 Å². The first kappa shape index (κ1) is 57.5. The van der Waals surface area contributed by atoms with Gasteiger partial charge in [0.25, 0.3) is 0 Å². The molecule has 0 fully saturated rings. The molecule has 0 saturated carbocycles. The number of carbonyl (C=O) groups excluding carboxylic acids is 4. The first-order valence-corrected chi connectivity index (χ1v) is 25.0. The average Bonchev–Trinajstić information content (AvgIpc) is 3.23. The largest absolute Gasteiger partial charge is 0.464 e. The van der Waals surface area contributed by atoms with Crippen LogP contribution in [-0.2, 0) is 33.4 Å². The lowest BCUT2D eigenvalue weighted by Crippen LogP contribution is -2.37. The van der Waals surface area contributed by atoms with Gasteiger partial charge in [0, 0.05) is 25.2 Å². The average molecular weight is 850 g/mol. The smallest absolute Gasteiger partial charge is 0.308 e. The van der Waals surface area contributed by atoms with Crippen LogP contribution in [0.1, 0.15) is 207 Å². The molecule has 0 aromatic heterocycles. The van der Waals surface area contributed by atoms with E-state index in [0.717, 1.165) is 83.6 Å². The Morgan fingerprint density at radius 3 is 1.20 bits per heavy atom. The predicted octanol–water partition coefficient (Wildman–Crippen LogP) is 11.4. The van der Waals surface area contributed by atoms with Crippen molar-refractivity contribution < 1.29 is 33.4 Å². The minimum atomic E-state index is -0.398. The maximum atomic E-state index is 13.5. The van der Waals surface area contributed by atoms with E-state index in [1.807, 2.05) is 19.0 Å². The van der Waals surface area contributed by atoms with Gasteiger partial charge in [-0.15, -0.1) is 0 Å². The highest BCUT2D eigenvalue weighted by atomic mass is 16.5. The predicted molar refractivity (Wildman–Crippen MR) is 249 cm³/mol. The van der Waals surface area contributed by atoms with Gasteiger partial charge in [0.2, 0.25) is 11.8 Å². The van der Waals surface area contributed by atoms with Crippen molar-refractivity contribution in [3.05, 3.63) is 12.2 Å². The molecule has 60 heavy (non-hydrogen) atoms. The molecule has 0 aliphatic rings. The lowest BCUT2D eigenvalue weighted by Gasteiger charge is -2.23. The van der Waals surface area contributed by atoms with Crippen molar-refractivity contribution in [2.24, 2.45) is 11.8 Å². The van der Waals surface area contributed by atoms with Crippen LogP contribution >= 0.6 is 0 Å². The summed E-state index contributed by atoms with van der Waals surface area (Å²) in [7, 11) is 3.95. The van der Waals surface area contributed by atoms with Gasteiger partial charge in [-0.2, -0.15) is 0 Å². The first-order valence-electron chi connectivity index (χ1n) is 25.0. The highest BCUT2D eigenvalue weighted by molar-refractivity contribution is 5.96. The Bertz CT molecular complexity index is 999. The van der Waals surface area contributed by atoms with E-state index in [-0.39, 0.29) is 50.1 Å². The first-order chi connectivity index (χ1) is 29.2. The van der Waals surface area contributed by atoms with E-state index in [1.165, 1.54) is 120 Å². The molecular formula is C50H95N3O7. The molecule has 0 aliphatic heterocycles. The third kappa shape index (κ3) is 36.2. The van der Waals surface area contributed by atoms with E-state index in [9.17, 15) is 19.2 Å². The number of carbonyl (C=O) groups is 4. The van der Waals surface area contributed by atoms with Crippen LogP contribution in [0, 0.1) is 11.8 Å². The van der Waals surface area contributed by atoms with Gasteiger partial charge in [-0.1, -0.05) is 182 Å². The van der Waals surface area contributed by atoms with Crippen molar-refractivity contribution in [2.45, 2.75) is 207 Å². The van der Waals surface area contributed by atoms with Crippen LogP contribution in [0.25, 0.3) is 0 Å². The number of ether oxygens (including phenoxy) is 3. The summed E-state index contributed by atoms with van der Waals surface area (Å²) in [6, 6.07) is 0. The van der Waals surface area contributed by atoms with Crippen LogP contribution in [0.15, 0.2) is 12.2 Å². The van der Waals surface area contributed by atoms with E-state index in [1.54, 1.807) is 0 Å². The summed E-state index contributed by atoms with van der Waals surface area (Å²) in [5.41, 5.74) is 0. The van der Waals surface area contributed by atoms with E-state index >= 15 is 0 Å². The number of nitrogens with zero attached hydrogens (tertiary/aromatic N) is 2. The zero-order valence-corrected chi connectivity index (χ0v) is 40.0. The van der Waals surface area contributed by atoms with Gasteiger partial charge >= 0.3 is 11.9 Å². The molecule has 2 unspecified atom stereocenters. The molecule has 0 rings (SSSR count). The van der Waals surface area contributed by atoms with Gasteiger partial charge in [-0.05, 0) is 39.8 Å². The fraction of sp³-hybridized carbons (Fsp3) is 0.880. The van der Waals surface area contributed by atoms with Crippen LogP contribution in [0.5, 0.6) is 0 Å². The molecule has 0 spiro atoms. The van der Waals surface area contributed by atoms with Gasteiger partial charge in [0.05, 0.1) is 38.1 Å². The number of hydrogen-bond acceptors (Lipinski definition) is 8. The van der Waals surface area contributed by atoms with E-state index < -0.39 is 11.8 Å². The van der Waals surface area contributed by atoms with E-state index in [0.29, 0.717) is 19.8 Å². The quantitative estimate of drug-likeness (QED) is 0.0366. The summed E-state index contributed by atoms with van der Waals surface area (Å²) in [6.45, 7) is 11.3. The fourth-order valence-electron chi connectivity index (χ4n) is 7.43. The number of hydrogen-bond donors (Lipinski definition) is 1. The maximum Gasteiger partial charge on any atom is 0.308 e. The lowest BCUT2D eigenvalue weighted by molar-refractivity contribution is -0.151. The molecule has 10 nitrogen and oxygen atoms in total. The number of likely N-dealkylation sites (N-methyl/N-ethyl adjacent to an activating group) is 1. The summed E-state index contributed by atoms with van der Waals surface area (Å²) < 4.78 is 17.3. The zero-order chi connectivity index (χ0) is 44.3. The minimum Gasteiger partial charge on any atom is -0.464 e. The van der Waals surface area contributed by atoms with Crippen LogP contribution in [0.3, 0.4) is 0 Å². The van der Waals surface area contributed by atoms with Gasteiger partial charge < -0.3 is 29.3 Å². The molecular weight excluding hydrogens is 755 g/mol. The molecule has 0 heterocycles. The Kier molecular flexibility index (Phi) is 41.4. The number of esters is 2. The highest BCUT2D eigenvalue weighted by Gasteiger charge is 2.22. The molecule has 1 N–H and O–H groups in total. The molecule has 0 saturated heterocycles. The third-order valence-electron chi connectivity index (χ3n) is 11.4. The molecule has 0 aromatic rings. The minimum absolute atomic E-state index is 0.0465. The van der Waals surface area contributed by atoms with Crippen LogP contribution in [0.2, 0.25) is 0 Å². The van der Waals surface area contributed by atoms with Crippen molar-refractivity contribution >= 4 is 23.8 Å². The Hall–Kier alpha value is -2.46. The summed E-state index contributed by atoms with van der Waals surface area (Å²) in [6.07, 6.45) is 34.0. The normalized spacial score (nSPS) is 12.5. The van der Waals surface area contributed by atoms with Crippen molar-refractivity contribution in [2.75, 3.05) is 66.7 Å².